The molecule has 0 aliphatic rings. The summed E-state index contributed by atoms with van der Waals surface area (Å²) < 4.78 is 12.7. The van der Waals surface area contributed by atoms with Crippen LogP contribution in [0.2, 0.25) is 0 Å². The summed E-state index contributed by atoms with van der Waals surface area (Å²) in [7, 11) is 0. The predicted octanol–water partition coefficient (Wildman–Crippen LogP) is 2.64. The molecule has 3 nitrogen and oxygen atoms in total. The molecule has 0 heterocycles. The molecular weight excluding hydrogens is 255 g/mol. The van der Waals surface area contributed by atoms with Gasteiger partial charge in [-0.3, -0.25) is 4.79 Å². The van der Waals surface area contributed by atoms with Gasteiger partial charge in [-0.2, -0.15) is 0 Å². The van der Waals surface area contributed by atoms with Gasteiger partial charge < -0.3 is 11.5 Å². The highest BCUT2D eigenvalue weighted by Crippen LogP contribution is 2.18. The average Bonchev–Trinajstić information content (AvgIpc) is 2.33. The summed E-state index contributed by atoms with van der Waals surface area (Å²) in [5.41, 5.74) is 12.8. The molecule has 0 aliphatic carbocycles. The fraction of sp³-hybridized carbons (Fsp3) is 0. The Hall–Kier alpha value is -2.07. The Bertz CT molecular complexity index is 570. The first-order valence-corrected chi connectivity index (χ1v) is 5.03. The minimum Gasteiger partial charge on any atom is -0.397 e. The number of halogens is 2. The van der Waals surface area contributed by atoms with E-state index in [4.69, 9.17) is 11.5 Å². The number of carbonyl (C=O) groups is 1. The van der Waals surface area contributed by atoms with Crippen molar-refractivity contribution in [2.24, 2.45) is 0 Å². The van der Waals surface area contributed by atoms with Crippen molar-refractivity contribution < 1.29 is 9.18 Å². The van der Waals surface area contributed by atoms with Crippen LogP contribution in [0.15, 0.2) is 42.5 Å². The van der Waals surface area contributed by atoms with Gasteiger partial charge in [-0.05, 0) is 42.5 Å². The van der Waals surface area contributed by atoms with E-state index in [1.165, 1.54) is 30.3 Å². The lowest BCUT2D eigenvalue weighted by molar-refractivity contribution is 0.103. The first-order chi connectivity index (χ1) is 8.08. The molecule has 2 aromatic rings. The summed E-state index contributed by atoms with van der Waals surface area (Å²) in [6.45, 7) is 0. The number of carbonyl (C=O) groups excluding carboxylic acids is 1. The smallest absolute Gasteiger partial charge is 0.193 e. The minimum absolute atomic E-state index is 0. The molecule has 0 unspecified atom stereocenters. The minimum atomic E-state index is -0.377. The fourth-order valence-electron chi connectivity index (χ4n) is 1.48. The molecule has 18 heavy (non-hydrogen) atoms. The van der Waals surface area contributed by atoms with Crippen molar-refractivity contribution in [2.45, 2.75) is 0 Å². The number of benzene rings is 2. The SMILES string of the molecule is Cl.Nc1ccc(C(=O)c2ccc(F)cc2)cc1N. The number of hydrogen-bond acceptors (Lipinski definition) is 3. The van der Waals surface area contributed by atoms with Gasteiger partial charge in [-0.1, -0.05) is 0 Å². The Kier molecular flexibility index (Phi) is 4.28. The van der Waals surface area contributed by atoms with Crippen LogP contribution >= 0.6 is 12.4 Å². The third-order valence-electron chi connectivity index (χ3n) is 2.46. The first kappa shape index (κ1) is 14.0. The second kappa shape index (κ2) is 5.51. The quantitative estimate of drug-likeness (QED) is 0.648. The molecular formula is C13H12ClFN2O. The van der Waals surface area contributed by atoms with Gasteiger partial charge in [0.05, 0.1) is 11.4 Å². The van der Waals surface area contributed by atoms with Crippen LogP contribution in [0.5, 0.6) is 0 Å². The lowest BCUT2D eigenvalue weighted by atomic mass is 10.0. The van der Waals surface area contributed by atoms with E-state index in [2.05, 4.69) is 0 Å². The Morgan fingerprint density at radius 1 is 0.889 bits per heavy atom. The normalized spacial score (nSPS) is 9.61. The van der Waals surface area contributed by atoms with Gasteiger partial charge in [0.25, 0.3) is 0 Å². The molecule has 0 aromatic heterocycles. The highest BCUT2D eigenvalue weighted by atomic mass is 35.5. The fourth-order valence-corrected chi connectivity index (χ4v) is 1.48. The molecule has 0 bridgehead atoms. The highest BCUT2D eigenvalue weighted by molar-refractivity contribution is 6.09. The monoisotopic (exact) mass is 266 g/mol. The van der Waals surface area contributed by atoms with E-state index >= 15 is 0 Å². The second-order valence-corrected chi connectivity index (χ2v) is 3.68. The van der Waals surface area contributed by atoms with Crippen LogP contribution in [-0.2, 0) is 0 Å². The molecule has 0 radical (unpaired) electrons. The summed E-state index contributed by atoms with van der Waals surface area (Å²) in [6, 6.07) is 10.0. The predicted molar refractivity (Wildman–Crippen MR) is 72.3 cm³/mol. The maximum atomic E-state index is 12.7. The Labute approximate surface area is 110 Å². The van der Waals surface area contributed by atoms with Crippen molar-refractivity contribution in [1.82, 2.24) is 0 Å². The van der Waals surface area contributed by atoms with E-state index < -0.39 is 0 Å². The van der Waals surface area contributed by atoms with Crippen molar-refractivity contribution in [3.05, 3.63) is 59.4 Å². The van der Waals surface area contributed by atoms with Gasteiger partial charge in [-0.25, -0.2) is 4.39 Å². The van der Waals surface area contributed by atoms with E-state index in [0.717, 1.165) is 0 Å². The third-order valence-corrected chi connectivity index (χ3v) is 2.46. The number of rotatable bonds is 2. The molecule has 0 aliphatic heterocycles. The summed E-state index contributed by atoms with van der Waals surface area (Å²) in [4.78, 5) is 12.0. The van der Waals surface area contributed by atoms with Crippen molar-refractivity contribution in [3.8, 4) is 0 Å². The molecule has 4 N–H and O–H groups in total. The standard InChI is InChI=1S/C13H11FN2O.ClH/c14-10-4-1-8(2-5-10)13(17)9-3-6-11(15)12(16)7-9;/h1-7H,15-16H2;1H. The van der Waals surface area contributed by atoms with Crippen LogP contribution in [-0.4, -0.2) is 5.78 Å². The molecule has 2 rings (SSSR count). The van der Waals surface area contributed by atoms with E-state index in [1.54, 1.807) is 12.1 Å². The van der Waals surface area contributed by atoms with E-state index in [9.17, 15) is 9.18 Å². The molecule has 94 valence electrons. The topological polar surface area (TPSA) is 69.1 Å². The zero-order valence-electron chi connectivity index (χ0n) is 9.39. The third kappa shape index (κ3) is 2.78. The molecule has 2 aromatic carbocycles. The van der Waals surface area contributed by atoms with E-state index in [-0.39, 0.29) is 24.0 Å². The van der Waals surface area contributed by atoms with Crippen LogP contribution in [0.4, 0.5) is 15.8 Å². The molecule has 0 atom stereocenters. The largest absolute Gasteiger partial charge is 0.397 e. The van der Waals surface area contributed by atoms with Gasteiger partial charge in [0, 0.05) is 11.1 Å². The van der Waals surface area contributed by atoms with Gasteiger partial charge in [0.1, 0.15) is 5.82 Å². The van der Waals surface area contributed by atoms with Crippen molar-refractivity contribution in [3.63, 3.8) is 0 Å². The Balaban J connectivity index is 0.00000162. The second-order valence-electron chi connectivity index (χ2n) is 3.68. The zero-order valence-corrected chi connectivity index (χ0v) is 10.2. The van der Waals surface area contributed by atoms with Crippen molar-refractivity contribution in [2.75, 3.05) is 11.5 Å². The number of anilines is 2. The van der Waals surface area contributed by atoms with E-state index in [0.29, 0.717) is 22.5 Å². The average molecular weight is 267 g/mol. The first-order valence-electron chi connectivity index (χ1n) is 5.03. The Morgan fingerprint density at radius 2 is 1.44 bits per heavy atom. The van der Waals surface area contributed by atoms with Crippen LogP contribution in [0.1, 0.15) is 15.9 Å². The summed E-state index contributed by atoms with van der Waals surface area (Å²) in [5, 5.41) is 0. The van der Waals surface area contributed by atoms with E-state index in [1.807, 2.05) is 0 Å². The van der Waals surface area contributed by atoms with Crippen molar-refractivity contribution >= 4 is 29.6 Å². The maximum absolute atomic E-state index is 12.7. The van der Waals surface area contributed by atoms with Crippen LogP contribution in [0.3, 0.4) is 0 Å². The van der Waals surface area contributed by atoms with Gasteiger partial charge in [0.15, 0.2) is 5.78 Å². The summed E-state index contributed by atoms with van der Waals surface area (Å²) in [6.07, 6.45) is 0. The number of ketones is 1. The molecule has 0 saturated carbocycles. The summed E-state index contributed by atoms with van der Waals surface area (Å²) >= 11 is 0. The van der Waals surface area contributed by atoms with Gasteiger partial charge in [-0.15, -0.1) is 12.4 Å². The highest BCUT2D eigenvalue weighted by Gasteiger charge is 2.10. The lowest BCUT2D eigenvalue weighted by Crippen LogP contribution is -2.03. The number of hydrogen-bond donors (Lipinski definition) is 2. The number of nitrogens with two attached hydrogens (primary N) is 2. The van der Waals surface area contributed by atoms with Crippen LogP contribution in [0.25, 0.3) is 0 Å². The molecule has 5 heteroatoms. The molecule has 0 spiro atoms. The van der Waals surface area contributed by atoms with Crippen LogP contribution < -0.4 is 11.5 Å². The zero-order chi connectivity index (χ0) is 12.4. The molecule has 0 saturated heterocycles. The van der Waals surface area contributed by atoms with Gasteiger partial charge >= 0.3 is 0 Å². The maximum Gasteiger partial charge on any atom is 0.193 e. The lowest BCUT2D eigenvalue weighted by Gasteiger charge is -2.04. The summed E-state index contributed by atoms with van der Waals surface area (Å²) in [5.74, 6) is -0.588. The number of nitrogen functional groups attached to an aromatic ring is 2. The van der Waals surface area contributed by atoms with Crippen LogP contribution in [0, 0.1) is 5.82 Å². The molecule has 0 fully saturated rings. The van der Waals surface area contributed by atoms with Gasteiger partial charge in [0.2, 0.25) is 0 Å². The van der Waals surface area contributed by atoms with Crippen molar-refractivity contribution in [1.29, 1.82) is 0 Å². The molecule has 0 amide bonds. The Morgan fingerprint density at radius 3 is 2.00 bits per heavy atom.